The Labute approximate surface area is 190 Å². The number of aryl methyl sites for hydroxylation is 3. The molecule has 8 heteroatoms. The summed E-state index contributed by atoms with van der Waals surface area (Å²) in [4.78, 5) is 29.1. The number of halogens is 1. The van der Waals surface area contributed by atoms with Crippen LogP contribution in [0.4, 0.5) is 11.5 Å². The van der Waals surface area contributed by atoms with Gasteiger partial charge in [0, 0.05) is 42.1 Å². The van der Waals surface area contributed by atoms with Crippen molar-refractivity contribution in [2.24, 2.45) is 5.92 Å². The van der Waals surface area contributed by atoms with Crippen LogP contribution in [0.3, 0.4) is 0 Å². The molecular formula is C23H27BrN6O. The molecule has 0 saturated carbocycles. The zero-order valence-corrected chi connectivity index (χ0v) is 19.4. The number of aromatic nitrogens is 4. The van der Waals surface area contributed by atoms with Crippen LogP contribution in [0.15, 0.2) is 29.0 Å². The van der Waals surface area contributed by atoms with Crippen LogP contribution < -0.4 is 10.2 Å². The number of anilines is 2. The van der Waals surface area contributed by atoms with E-state index in [-0.39, 0.29) is 11.8 Å². The fourth-order valence-corrected chi connectivity index (χ4v) is 5.00. The van der Waals surface area contributed by atoms with Crippen molar-refractivity contribution in [3.05, 3.63) is 40.4 Å². The highest BCUT2D eigenvalue weighted by Gasteiger charge is 2.28. The van der Waals surface area contributed by atoms with Gasteiger partial charge in [0.25, 0.3) is 0 Å². The molecule has 1 amide bonds. The van der Waals surface area contributed by atoms with Gasteiger partial charge in [-0.15, -0.1) is 0 Å². The van der Waals surface area contributed by atoms with E-state index in [1.165, 1.54) is 19.3 Å². The third-order valence-corrected chi connectivity index (χ3v) is 7.33. The van der Waals surface area contributed by atoms with Crippen molar-refractivity contribution in [1.82, 2.24) is 19.5 Å². The molecule has 4 heterocycles. The fourth-order valence-electron chi connectivity index (χ4n) is 4.63. The Morgan fingerprint density at radius 1 is 1.13 bits per heavy atom. The largest absolute Gasteiger partial charge is 0.355 e. The van der Waals surface area contributed by atoms with E-state index in [9.17, 15) is 4.79 Å². The Hall–Kier alpha value is -2.48. The molecule has 5 rings (SSSR count). The topological polar surface area (TPSA) is 75.9 Å². The summed E-state index contributed by atoms with van der Waals surface area (Å²) < 4.78 is 3.28. The minimum Gasteiger partial charge on any atom is -0.355 e. The van der Waals surface area contributed by atoms with E-state index in [0.717, 1.165) is 77.4 Å². The Balaban J connectivity index is 1.29. The molecule has 0 spiro atoms. The predicted octanol–water partition coefficient (Wildman–Crippen LogP) is 4.48. The molecule has 1 aromatic carbocycles. The molecule has 7 nitrogen and oxygen atoms in total. The lowest BCUT2D eigenvalue weighted by Crippen LogP contribution is -2.38. The molecule has 2 aromatic heterocycles. The molecular weight excluding hydrogens is 456 g/mol. The monoisotopic (exact) mass is 482 g/mol. The van der Waals surface area contributed by atoms with Gasteiger partial charge in [0.1, 0.15) is 12.2 Å². The summed E-state index contributed by atoms with van der Waals surface area (Å²) in [7, 11) is 0. The van der Waals surface area contributed by atoms with E-state index in [4.69, 9.17) is 4.98 Å². The number of nitrogens with zero attached hydrogens (tertiary/aromatic N) is 5. The second kappa shape index (κ2) is 8.57. The smallest absolute Gasteiger partial charge is 0.227 e. The molecule has 3 aromatic rings. The number of nitrogens with one attached hydrogen (secondary N) is 1. The van der Waals surface area contributed by atoms with E-state index in [1.807, 2.05) is 25.1 Å². The predicted molar refractivity (Wildman–Crippen MR) is 125 cm³/mol. The van der Waals surface area contributed by atoms with E-state index in [1.54, 1.807) is 6.33 Å². The van der Waals surface area contributed by atoms with Crippen molar-refractivity contribution < 1.29 is 4.79 Å². The van der Waals surface area contributed by atoms with E-state index in [0.29, 0.717) is 0 Å². The van der Waals surface area contributed by atoms with Gasteiger partial charge < -0.3 is 14.8 Å². The van der Waals surface area contributed by atoms with Gasteiger partial charge in [0.2, 0.25) is 5.91 Å². The SMILES string of the molecule is Cc1ccc(NC(=O)C2CCN(c3ncnc4c3nc3n4CCCCC3)CC2)cc1Br. The van der Waals surface area contributed by atoms with E-state index < -0.39 is 0 Å². The molecule has 1 fully saturated rings. The molecule has 1 saturated heterocycles. The van der Waals surface area contributed by atoms with Crippen LogP contribution in [-0.2, 0) is 17.8 Å². The molecule has 2 aliphatic rings. The first kappa shape index (κ1) is 20.4. The maximum absolute atomic E-state index is 12.8. The number of benzene rings is 1. The number of carbonyl (C=O) groups is 1. The highest BCUT2D eigenvalue weighted by atomic mass is 79.9. The van der Waals surface area contributed by atoms with Crippen molar-refractivity contribution in [2.75, 3.05) is 23.3 Å². The molecule has 0 radical (unpaired) electrons. The summed E-state index contributed by atoms with van der Waals surface area (Å²) >= 11 is 3.53. The zero-order valence-electron chi connectivity index (χ0n) is 17.8. The van der Waals surface area contributed by atoms with Gasteiger partial charge in [-0.1, -0.05) is 28.4 Å². The highest BCUT2D eigenvalue weighted by molar-refractivity contribution is 9.10. The number of carbonyl (C=O) groups excluding carboxylic acids is 1. The average molecular weight is 483 g/mol. The lowest BCUT2D eigenvalue weighted by Gasteiger charge is -2.32. The van der Waals surface area contributed by atoms with Crippen LogP contribution >= 0.6 is 15.9 Å². The Kier molecular flexibility index (Phi) is 5.65. The van der Waals surface area contributed by atoms with Crippen molar-refractivity contribution in [3.8, 4) is 0 Å². The van der Waals surface area contributed by atoms with Gasteiger partial charge in [0.05, 0.1) is 0 Å². The fraction of sp³-hybridized carbons (Fsp3) is 0.478. The molecule has 162 valence electrons. The van der Waals surface area contributed by atoms with Crippen LogP contribution in [0.5, 0.6) is 0 Å². The Morgan fingerprint density at radius 2 is 1.97 bits per heavy atom. The number of hydrogen-bond donors (Lipinski definition) is 1. The molecule has 0 atom stereocenters. The third-order valence-electron chi connectivity index (χ3n) is 6.48. The molecule has 0 unspecified atom stereocenters. The van der Waals surface area contributed by atoms with Crippen LogP contribution in [0, 0.1) is 12.8 Å². The zero-order chi connectivity index (χ0) is 21.4. The molecule has 1 N–H and O–H groups in total. The van der Waals surface area contributed by atoms with Crippen molar-refractivity contribution in [2.45, 2.75) is 52.0 Å². The van der Waals surface area contributed by atoms with Gasteiger partial charge in [-0.25, -0.2) is 15.0 Å². The van der Waals surface area contributed by atoms with Crippen molar-refractivity contribution in [3.63, 3.8) is 0 Å². The first-order chi connectivity index (χ1) is 15.1. The van der Waals surface area contributed by atoms with Crippen LogP contribution in [0.25, 0.3) is 11.2 Å². The standard InChI is InChI=1S/C23H27BrN6O/c1-15-6-7-17(13-18(15)24)27-23(31)16-8-11-29(12-9-16)21-20-22(26-14-25-21)30-10-4-2-3-5-19(30)28-20/h6-7,13-14,16H,2-5,8-12H2,1H3,(H,27,31). The van der Waals surface area contributed by atoms with Crippen molar-refractivity contribution >= 4 is 44.5 Å². The second-order valence-electron chi connectivity index (χ2n) is 8.57. The summed E-state index contributed by atoms with van der Waals surface area (Å²) in [6, 6.07) is 5.92. The minimum absolute atomic E-state index is 0.00683. The lowest BCUT2D eigenvalue weighted by molar-refractivity contribution is -0.120. The molecule has 0 bridgehead atoms. The number of amides is 1. The first-order valence-corrected chi connectivity index (χ1v) is 11.9. The van der Waals surface area contributed by atoms with Crippen LogP contribution in [0.1, 0.15) is 43.5 Å². The van der Waals surface area contributed by atoms with Crippen LogP contribution in [0.2, 0.25) is 0 Å². The number of imidazole rings is 1. The molecule has 0 aliphatic carbocycles. The van der Waals surface area contributed by atoms with Gasteiger partial charge in [-0.05, 0) is 50.3 Å². The number of piperidine rings is 1. The first-order valence-electron chi connectivity index (χ1n) is 11.1. The van der Waals surface area contributed by atoms with E-state index >= 15 is 0 Å². The Bertz CT molecular complexity index is 1120. The van der Waals surface area contributed by atoms with Crippen LogP contribution in [-0.4, -0.2) is 38.5 Å². The van der Waals surface area contributed by atoms with Crippen molar-refractivity contribution in [1.29, 1.82) is 0 Å². The quantitative estimate of drug-likeness (QED) is 0.595. The second-order valence-corrected chi connectivity index (χ2v) is 9.43. The lowest BCUT2D eigenvalue weighted by atomic mass is 9.95. The molecule has 2 aliphatic heterocycles. The van der Waals surface area contributed by atoms with Gasteiger partial charge >= 0.3 is 0 Å². The number of fused-ring (bicyclic) bond motifs is 3. The minimum atomic E-state index is 0.00683. The summed E-state index contributed by atoms with van der Waals surface area (Å²) in [6.45, 7) is 4.61. The average Bonchev–Trinajstić information content (AvgIpc) is 2.97. The third kappa shape index (κ3) is 4.05. The summed E-state index contributed by atoms with van der Waals surface area (Å²) in [5.41, 5.74) is 3.85. The number of hydrogen-bond acceptors (Lipinski definition) is 5. The normalized spacial score (nSPS) is 17.4. The summed E-state index contributed by atoms with van der Waals surface area (Å²) in [5.74, 6) is 2.14. The summed E-state index contributed by atoms with van der Waals surface area (Å²) in [5, 5.41) is 3.07. The highest BCUT2D eigenvalue weighted by Crippen LogP contribution is 2.30. The van der Waals surface area contributed by atoms with Gasteiger partial charge in [0.15, 0.2) is 17.0 Å². The van der Waals surface area contributed by atoms with E-state index in [2.05, 4.69) is 40.7 Å². The summed E-state index contributed by atoms with van der Waals surface area (Å²) in [6.07, 6.45) is 7.88. The van der Waals surface area contributed by atoms with Gasteiger partial charge in [-0.2, -0.15) is 0 Å². The maximum atomic E-state index is 12.8. The van der Waals surface area contributed by atoms with Gasteiger partial charge in [-0.3, -0.25) is 4.79 Å². The molecule has 31 heavy (non-hydrogen) atoms. The maximum Gasteiger partial charge on any atom is 0.227 e. The Morgan fingerprint density at radius 3 is 2.77 bits per heavy atom. The number of rotatable bonds is 3.